The van der Waals surface area contributed by atoms with Crippen LogP contribution in [0.25, 0.3) is 6.08 Å². The van der Waals surface area contributed by atoms with Crippen LogP contribution in [0, 0.1) is 6.92 Å². The Morgan fingerprint density at radius 1 is 1.29 bits per heavy atom. The summed E-state index contributed by atoms with van der Waals surface area (Å²) in [5, 5.41) is 1.24. The van der Waals surface area contributed by atoms with Gasteiger partial charge in [0.15, 0.2) is 0 Å². The maximum atomic E-state index is 11.5. The Balaban J connectivity index is 2.73. The summed E-state index contributed by atoms with van der Waals surface area (Å²) in [4.78, 5) is 0. The van der Waals surface area contributed by atoms with Crippen LogP contribution < -0.4 is 4.31 Å². The highest BCUT2D eigenvalue weighted by Gasteiger charge is 2.22. The maximum Gasteiger partial charge on any atom is 0.257 e. The minimum Gasteiger partial charge on any atom is -0.269 e. The van der Waals surface area contributed by atoms with Gasteiger partial charge in [0.25, 0.3) is 10.0 Å². The van der Waals surface area contributed by atoms with Crippen LogP contribution in [0.3, 0.4) is 0 Å². The van der Waals surface area contributed by atoms with Crippen LogP contribution in [-0.2, 0) is 10.0 Å². The van der Waals surface area contributed by atoms with Crippen LogP contribution in [0.1, 0.15) is 11.1 Å². The molecule has 0 aliphatic carbocycles. The number of hydrogen-bond donors (Lipinski definition) is 0. The molecule has 74 valence electrons. The van der Waals surface area contributed by atoms with Gasteiger partial charge in [-0.3, -0.25) is 4.31 Å². The van der Waals surface area contributed by atoms with Gasteiger partial charge in [0.1, 0.15) is 0 Å². The standard InChI is InChI=1S/C10H11NO2S/c1-8-4-3-5-10-9(8)6-7-14(12,13)11(10)2/h3-7H,1-2H3. The average Bonchev–Trinajstić information content (AvgIpc) is 2.13. The predicted molar refractivity (Wildman–Crippen MR) is 57.5 cm³/mol. The Hall–Kier alpha value is -1.29. The lowest BCUT2D eigenvalue weighted by Crippen LogP contribution is -2.27. The number of anilines is 1. The molecule has 1 aliphatic rings. The lowest BCUT2D eigenvalue weighted by Gasteiger charge is -2.23. The van der Waals surface area contributed by atoms with Crippen molar-refractivity contribution in [2.24, 2.45) is 0 Å². The molecule has 0 radical (unpaired) electrons. The first kappa shape index (κ1) is 9.27. The Labute approximate surface area is 83.7 Å². The fraction of sp³-hybridized carbons (Fsp3) is 0.200. The summed E-state index contributed by atoms with van der Waals surface area (Å²) >= 11 is 0. The molecule has 0 N–H and O–H groups in total. The summed E-state index contributed by atoms with van der Waals surface area (Å²) < 4.78 is 24.3. The van der Waals surface area contributed by atoms with Crippen LogP contribution in [0.15, 0.2) is 23.6 Å². The fourth-order valence-corrected chi connectivity index (χ4v) is 2.46. The number of sulfonamides is 1. The molecule has 1 aromatic carbocycles. The topological polar surface area (TPSA) is 37.4 Å². The van der Waals surface area contributed by atoms with Gasteiger partial charge in [0.2, 0.25) is 0 Å². The Morgan fingerprint density at radius 3 is 2.71 bits per heavy atom. The lowest BCUT2D eigenvalue weighted by molar-refractivity contribution is 0.603. The molecule has 0 aromatic heterocycles. The summed E-state index contributed by atoms with van der Waals surface area (Å²) in [5.41, 5.74) is 2.80. The first-order valence-corrected chi connectivity index (χ1v) is 5.79. The van der Waals surface area contributed by atoms with E-state index in [1.54, 1.807) is 13.1 Å². The van der Waals surface area contributed by atoms with Crippen LogP contribution in [0.4, 0.5) is 5.69 Å². The van der Waals surface area contributed by atoms with Crippen molar-refractivity contribution in [2.45, 2.75) is 6.92 Å². The van der Waals surface area contributed by atoms with Gasteiger partial charge < -0.3 is 0 Å². The van der Waals surface area contributed by atoms with Crippen molar-refractivity contribution in [1.82, 2.24) is 0 Å². The van der Waals surface area contributed by atoms with E-state index >= 15 is 0 Å². The third kappa shape index (κ3) is 1.23. The molecule has 4 heteroatoms. The monoisotopic (exact) mass is 209 g/mol. The molecule has 0 amide bonds. The van der Waals surface area contributed by atoms with Gasteiger partial charge in [-0.1, -0.05) is 12.1 Å². The van der Waals surface area contributed by atoms with Crippen LogP contribution in [0.5, 0.6) is 0 Å². The zero-order valence-corrected chi connectivity index (χ0v) is 8.88. The van der Waals surface area contributed by atoms with Crippen molar-refractivity contribution in [1.29, 1.82) is 0 Å². The second-order valence-electron chi connectivity index (χ2n) is 3.32. The number of hydrogen-bond acceptors (Lipinski definition) is 2. The molecule has 14 heavy (non-hydrogen) atoms. The minimum atomic E-state index is -3.24. The molecule has 1 aliphatic heterocycles. The van der Waals surface area contributed by atoms with Gasteiger partial charge >= 0.3 is 0 Å². The Bertz CT molecular complexity index is 503. The molecule has 0 spiro atoms. The van der Waals surface area contributed by atoms with E-state index in [0.717, 1.165) is 16.8 Å². The normalized spacial score (nSPS) is 18.0. The third-order valence-corrected chi connectivity index (χ3v) is 3.87. The maximum absolute atomic E-state index is 11.5. The van der Waals surface area contributed by atoms with Gasteiger partial charge in [-0.25, -0.2) is 8.42 Å². The summed E-state index contributed by atoms with van der Waals surface area (Å²) in [6.07, 6.45) is 1.65. The highest BCUT2D eigenvalue weighted by atomic mass is 32.2. The zero-order chi connectivity index (χ0) is 10.3. The molecule has 0 saturated heterocycles. The fourth-order valence-electron chi connectivity index (χ4n) is 1.54. The number of rotatable bonds is 0. The van der Waals surface area contributed by atoms with Crippen molar-refractivity contribution < 1.29 is 8.42 Å². The van der Waals surface area contributed by atoms with E-state index in [0.29, 0.717) is 0 Å². The second-order valence-corrected chi connectivity index (χ2v) is 5.17. The van der Waals surface area contributed by atoms with Crippen molar-refractivity contribution in [2.75, 3.05) is 11.4 Å². The number of nitrogens with zero attached hydrogens (tertiary/aromatic N) is 1. The average molecular weight is 209 g/mol. The molecule has 1 aromatic rings. The minimum absolute atomic E-state index is 0.743. The largest absolute Gasteiger partial charge is 0.269 e. The molecule has 0 bridgehead atoms. The lowest BCUT2D eigenvalue weighted by atomic mass is 10.1. The summed E-state index contributed by atoms with van der Waals surface area (Å²) in [7, 11) is -1.67. The van der Waals surface area contributed by atoms with Crippen molar-refractivity contribution in [3.8, 4) is 0 Å². The van der Waals surface area contributed by atoms with Crippen molar-refractivity contribution in [3.05, 3.63) is 34.7 Å². The number of fused-ring (bicyclic) bond motifs is 1. The molecular formula is C10H11NO2S. The Kier molecular flexibility index (Phi) is 1.89. The van der Waals surface area contributed by atoms with Gasteiger partial charge in [-0.2, -0.15) is 0 Å². The molecule has 2 rings (SSSR count). The number of aryl methyl sites for hydroxylation is 1. The highest BCUT2D eigenvalue weighted by molar-refractivity contribution is 7.95. The van der Waals surface area contributed by atoms with E-state index in [4.69, 9.17) is 0 Å². The van der Waals surface area contributed by atoms with Crippen LogP contribution >= 0.6 is 0 Å². The van der Waals surface area contributed by atoms with Crippen LogP contribution in [0.2, 0.25) is 0 Å². The molecule has 0 atom stereocenters. The van der Waals surface area contributed by atoms with E-state index < -0.39 is 10.0 Å². The molecule has 0 unspecified atom stereocenters. The molecule has 0 saturated carbocycles. The van der Waals surface area contributed by atoms with E-state index in [-0.39, 0.29) is 0 Å². The van der Waals surface area contributed by atoms with Gasteiger partial charge in [0, 0.05) is 12.6 Å². The molecular weight excluding hydrogens is 198 g/mol. The highest BCUT2D eigenvalue weighted by Crippen LogP contribution is 2.30. The first-order chi connectivity index (χ1) is 6.52. The summed E-state index contributed by atoms with van der Waals surface area (Å²) in [6.45, 7) is 1.97. The smallest absolute Gasteiger partial charge is 0.257 e. The Morgan fingerprint density at radius 2 is 2.00 bits per heavy atom. The molecule has 3 nitrogen and oxygen atoms in total. The van der Waals surface area contributed by atoms with E-state index in [9.17, 15) is 8.42 Å². The third-order valence-electron chi connectivity index (χ3n) is 2.43. The molecule has 0 fully saturated rings. The second kappa shape index (κ2) is 2.85. The summed E-state index contributed by atoms with van der Waals surface area (Å²) in [6, 6.07) is 5.64. The zero-order valence-electron chi connectivity index (χ0n) is 8.06. The SMILES string of the molecule is Cc1cccc2c1C=CS(=O)(=O)N2C. The summed E-state index contributed by atoms with van der Waals surface area (Å²) in [5.74, 6) is 0. The first-order valence-electron chi connectivity index (χ1n) is 4.29. The van der Waals surface area contributed by atoms with E-state index in [1.165, 1.54) is 9.71 Å². The van der Waals surface area contributed by atoms with E-state index in [1.807, 2.05) is 25.1 Å². The van der Waals surface area contributed by atoms with Gasteiger partial charge in [-0.15, -0.1) is 0 Å². The molecule has 1 heterocycles. The van der Waals surface area contributed by atoms with Crippen molar-refractivity contribution in [3.63, 3.8) is 0 Å². The predicted octanol–water partition coefficient (Wildman–Crippen LogP) is 1.75. The quantitative estimate of drug-likeness (QED) is 0.652. The van der Waals surface area contributed by atoms with Crippen molar-refractivity contribution >= 4 is 21.8 Å². The van der Waals surface area contributed by atoms with Gasteiger partial charge in [0.05, 0.1) is 11.1 Å². The van der Waals surface area contributed by atoms with Gasteiger partial charge in [-0.05, 0) is 24.6 Å². The van der Waals surface area contributed by atoms with Crippen LogP contribution in [-0.4, -0.2) is 15.5 Å². The number of benzene rings is 1. The van der Waals surface area contributed by atoms with E-state index in [2.05, 4.69) is 0 Å².